The first-order chi connectivity index (χ1) is 12.0. The van der Waals surface area contributed by atoms with Crippen LogP contribution in [-0.4, -0.2) is 34.9 Å². The number of halogens is 1. The van der Waals surface area contributed by atoms with Crippen LogP contribution in [0.25, 0.3) is 10.4 Å². The fourth-order valence-electron chi connectivity index (χ4n) is 3.69. The summed E-state index contributed by atoms with van der Waals surface area (Å²) in [6.07, 6.45) is 3.13. The topological polar surface area (TPSA) is 59.2 Å². The predicted molar refractivity (Wildman–Crippen MR) is 99.1 cm³/mol. The Morgan fingerprint density at radius 2 is 2.12 bits per heavy atom. The van der Waals surface area contributed by atoms with Crippen molar-refractivity contribution < 1.29 is 9.18 Å². The monoisotopic (exact) mass is 361 g/mol. The molecule has 0 aliphatic carbocycles. The number of hydrogen-bond donors (Lipinski definition) is 1. The number of nitrogens with zero attached hydrogens (tertiary/aromatic N) is 2. The van der Waals surface area contributed by atoms with Gasteiger partial charge in [0.15, 0.2) is 0 Å². The van der Waals surface area contributed by atoms with E-state index in [2.05, 4.69) is 11.9 Å². The lowest BCUT2D eigenvalue weighted by atomic mass is 9.87. The highest BCUT2D eigenvalue weighted by Gasteiger charge is 2.34. The number of carbonyl (C=O) groups excluding carboxylic acids is 1. The molecule has 1 aliphatic rings. The van der Waals surface area contributed by atoms with E-state index in [9.17, 15) is 9.18 Å². The fourth-order valence-corrected chi connectivity index (χ4v) is 4.61. The summed E-state index contributed by atoms with van der Waals surface area (Å²) in [6, 6.07) is 6.29. The van der Waals surface area contributed by atoms with E-state index in [-0.39, 0.29) is 17.8 Å². The molecule has 0 spiro atoms. The van der Waals surface area contributed by atoms with Gasteiger partial charge in [-0.25, -0.2) is 9.37 Å². The van der Waals surface area contributed by atoms with E-state index in [0.29, 0.717) is 18.2 Å². The zero-order valence-corrected chi connectivity index (χ0v) is 15.5. The van der Waals surface area contributed by atoms with Gasteiger partial charge < -0.3 is 10.6 Å². The minimum atomic E-state index is -0.289. The van der Waals surface area contributed by atoms with Gasteiger partial charge in [0, 0.05) is 19.1 Å². The van der Waals surface area contributed by atoms with Gasteiger partial charge in [-0.05, 0) is 43.4 Å². The first-order valence-electron chi connectivity index (χ1n) is 8.79. The van der Waals surface area contributed by atoms with Crippen LogP contribution in [0.4, 0.5) is 4.39 Å². The third-order valence-electron chi connectivity index (χ3n) is 4.99. The van der Waals surface area contributed by atoms with Crippen molar-refractivity contribution in [1.29, 1.82) is 0 Å². The van der Waals surface area contributed by atoms with Crippen LogP contribution in [0.2, 0.25) is 0 Å². The summed E-state index contributed by atoms with van der Waals surface area (Å²) in [7, 11) is 0. The summed E-state index contributed by atoms with van der Waals surface area (Å²) in [5.74, 6) is 0.0943. The number of rotatable bonds is 4. The molecule has 1 aliphatic heterocycles. The molecule has 4 nitrogen and oxygen atoms in total. The number of benzene rings is 1. The molecule has 0 radical (unpaired) electrons. The zero-order chi connectivity index (χ0) is 18.0. The summed E-state index contributed by atoms with van der Waals surface area (Å²) < 4.78 is 13.2. The Morgan fingerprint density at radius 3 is 2.76 bits per heavy atom. The molecule has 1 aromatic carbocycles. The summed E-state index contributed by atoms with van der Waals surface area (Å²) in [6.45, 7) is 5.23. The van der Waals surface area contributed by atoms with Crippen molar-refractivity contribution in [3.63, 3.8) is 0 Å². The first kappa shape index (κ1) is 18.0. The molecule has 0 unspecified atom stereocenters. The van der Waals surface area contributed by atoms with E-state index in [1.54, 1.807) is 12.1 Å². The number of aryl methyl sites for hydroxylation is 1. The molecule has 3 rings (SSSR count). The summed E-state index contributed by atoms with van der Waals surface area (Å²) in [5, 5.41) is 0.830. The van der Waals surface area contributed by atoms with Crippen LogP contribution in [0.1, 0.15) is 41.7 Å². The van der Waals surface area contributed by atoms with Crippen molar-refractivity contribution in [2.45, 2.75) is 39.2 Å². The van der Waals surface area contributed by atoms with E-state index in [1.165, 1.54) is 23.5 Å². The molecule has 1 fully saturated rings. The Balaban J connectivity index is 1.96. The number of thiazole rings is 1. The number of carbonyl (C=O) groups is 1. The Hall–Kier alpha value is -1.79. The second kappa shape index (κ2) is 7.62. The number of amides is 1. The average Bonchev–Trinajstić information content (AvgIpc) is 3.02. The van der Waals surface area contributed by atoms with Gasteiger partial charge in [0.25, 0.3) is 5.91 Å². The lowest BCUT2D eigenvalue weighted by Gasteiger charge is -2.40. The SMILES string of the molecule is CC[C@@H]1CCCN(C(=O)c2nc(C)sc2-c2ccc(F)cc2)[C@@H]1CN. The lowest BCUT2D eigenvalue weighted by molar-refractivity contribution is 0.0501. The van der Waals surface area contributed by atoms with Crippen LogP contribution < -0.4 is 5.73 Å². The number of piperidine rings is 1. The Morgan fingerprint density at radius 1 is 1.40 bits per heavy atom. The van der Waals surface area contributed by atoms with Gasteiger partial charge in [0.2, 0.25) is 0 Å². The summed E-state index contributed by atoms with van der Waals surface area (Å²) in [4.78, 5) is 20.4. The maximum Gasteiger partial charge on any atom is 0.274 e. The summed E-state index contributed by atoms with van der Waals surface area (Å²) >= 11 is 1.47. The molecule has 0 saturated carbocycles. The molecule has 1 amide bonds. The molecule has 2 heterocycles. The standard InChI is InChI=1S/C19H24FN3OS/c1-3-13-5-4-10-23(16(13)11-21)19(24)17-18(25-12(2)22-17)14-6-8-15(20)9-7-14/h6-9,13,16H,3-5,10-11,21H2,1-2H3/t13-,16-/m1/s1. The van der Waals surface area contributed by atoms with E-state index in [4.69, 9.17) is 5.73 Å². The van der Waals surface area contributed by atoms with Gasteiger partial charge >= 0.3 is 0 Å². The highest BCUT2D eigenvalue weighted by Crippen LogP contribution is 2.33. The van der Waals surface area contributed by atoms with E-state index < -0.39 is 0 Å². The Kier molecular flexibility index (Phi) is 5.49. The molecule has 1 aromatic heterocycles. The Bertz CT molecular complexity index is 744. The van der Waals surface area contributed by atoms with Gasteiger partial charge in [0.1, 0.15) is 11.5 Å². The lowest BCUT2D eigenvalue weighted by Crippen LogP contribution is -2.52. The maximum absolute atomic E-state index is 13.2. The second-order valence-corrected chi connectivity index (χ2v) is 7.73. The minimum absolute atomic E-state index is 0.0581. The third-order valence-corrected chi connectivity index (χ3v) is 6.01. The highest BCUT2D eigenvalue weighted by molar-refractivity contribution is 7.15. The number of aromatic nitrogens is 1. The largest absolute Gasteiger partial charge is 0.333 e. The van der Waals surface area contributed by atoms with Crippen LogP contribution in [0.3, 0.4) is 0 Å². The number of likely N-dealkylation sites (tertiary alicyclic amines) is 1. The van der Waals surface area contributed by atoms with Crippen LogP contribution in [0.15, 0.2) is 24.3 Å². The predicted octanol–water partition coefficient (Wildman–Crippen LogP) is 3.85. The van der Waals surface area contributed by atoms with Gasteiger partial charge in [0.05, 0.1) is 9.88 Å². The number of nitrogens with two attached hydrogens (primary N) is 1. The smallest absolute Gasteiger partial charge is 0.274 e. The minimum Gasteiger partial charge on any atom is -0.333 e. The molecule has 0 bridgehead atoms. The van der Waals surface area contributed by atoms with Crippen molar-refractivity contribution in [2.24, 2.45) is 11.7 Å². The van der Waals surface area contributed by atoms with Crippen molar-refractivity contribution in [1.82, 2.24) is 9.88 Å². The first-order valence-corrected chi connectivity index (χ1v) is 9.61. The van der Waals surface area contributed by atoms with Crippen LogP contribution in [0, 0.1) is 18.7 Å². The molecule has 6 heteroatoms. The van der Waals surface area contributed by atoms with Crippen molar-refractivity contribution in [2.75, 3.05) is 13.1 Å². The summed E-state index contributed by atoms with van der Waals surface area (Å²) in [5.41, 5.74) is 7.28. The molecular weight excluding hydrogens is 337 g/mol. The molecular formula is C19H24FN3OS. The van der Waals surface area contributed by atoms with Gasteiger partial charge in [-0.2, -0.15) is 0 Å². The van der Waals surface area contributed by atoms with Crippen LogP contribution in [0.5, 0.6) is 0 Å². The van der Waals surface area contributed by atoms with Crippen LogP contribution in [-0.2, 0) is 0 Å². The van der Waals surface area contributed by atoms with Crippen molar-refractivity contribution >= 4 is 17.2 Å². The normalized spacial score (nSPS) is 20.7. The van der Waals surface area contributed by atoms with Gasteiger partial charge in [-0.1, -0.05) is 25.5 Å². The van der Waals surface area contributed by atoms with Crippen molar-refractivity contribution in [3.8, 4) is 10.4 Å². The van der Waals surface area contributed by atoms with Gasteiger partial charge in [-0.3, -0.25) is 4.79 Å². The van der Waals surface area contributed by atoms with Crippen LogP contribution >= 0.6 is 11.3 Å². The molecule has 2 atom stereocenters. The maximum atomic E-state index is 13.2. The highest BCUT2D eigenvalue weighted by atomic mass is 32.1. The number of hydrogen-bond acceptors (Lipinski definition) is 4. The molecule has 1 saturated heterocycles. The third kappa shape index (κ3) is 3.60. The Labute approximate surface area is 151 Å². The van der Waals surface area contributed by atoms with E-state index >= 15 is 0 Å². The quantitative estimate of drug-likeness (QED) is 0.900. The molecule has 2 N–H and O–H groups in total. The molecule has 25 heavy (non-hydrogen) atoms. The molecule has 134 valence electrons. The zero-order valence-electron chi connectivity index (χ0n) is 14.7. The van der Waals surface area contributed by atoms with E-state index in [0.717, 1.165) is 41.3 Å². The van der Waals surface area contributed by atoms with Crippen molar-refractivity contribution in [3.05, 3.63) is 40.8 Å². The second-order valence-electron chi connectivity index (χ2n) is 6.53. The van der Waals surface area contributed by atoms with E-state index in [1.807, 2.05) is 11.8 Å². The van der Waals surface area contributed by atoms with Gasteiger partial charge in [-0.15, -0.1) is 11.3 Å². The molecule has 2 aromatic rings. The average molecular weight is 361 g/mol. The fraction of sp³-hybridized carbons (Fsp3) is 0.474.